The molecule has 0 aromatic heterocycles. The van der Waals surface area contributed by atoms with E-state index in [-0.39, 0.29) is 0 Å². The number of piperidine rings is 1. The Hall–Kier alpha value is -0.820. The van der Waals surface area contributed by atoms with E-state index in [0.717, 1.165) is 23.8 Å². The van der Waals surface area contributed by atoms with Crippen LogP contribution in [-0.2, 0) is 0 Å². The smallest absolute Gasteiger partial charge is 0.0126 e. The summed E-state index contributed by atoms with van der Waals surface area (Å²) < 4.78 is 0. The van der Waals surface area contributed by atoms with Gasteiger partial charge in [0.05, 0.1) is 0 Å². The molecule has 1 aliphatic heterocycles. The number of nitrogens with zero attached hydrogens (tertiary/aromatic N) is 1. The predicted octanol–water partition coefficient (Wildman–Crippen LogP) is 4.36. The lowest BCUT2D eigenvalue weighted by Crippen LogP contribution is -2.43. The first-order chi connectivity index (χ1) is 9.81. The van der Waals surface area contributed by atoms with Crippen LogP contribution in [0.15, 0.2) is 24.3 Å². The minimum absolute atomic E-state index is 0.811. The van der Waals surface area contributed by atoms with Gasteiger partial charge < -0.3 is 4.90 Å². The van der Waals surface area contributed by atoms with E-state index in [2.05, 4.69) is 36.1 Å². The summed E-state index contributed by atoms with van der Waals surface area (Å²) in [4.78, 5) is 2.85. The van der Waals surface area contributed by atoms with Crippen molar-refractivity contribution in [3.05, 3.63) is 35.4 Å². The summed E-state index contributed by atoms with van der Waals surface area (Å²) >= 11 is 0. The Kier molecular flexibility index (Phi) is 3.34. The van der Waals surface area contributed by atoms with Gasteiger partial charge in [0.25, 0.3) is 0 Å². The summed E-state index contributed by atoms with van der Waals surface area (Å²) in [5.41, 5.74) is 3.10. The van der Waals surface area contributed by atoms with E-state index in [9.17, 15) is 0 Å². The zero-order valence-corrected chi connectivity index (χ0v) is 12.7. The van der Waals surface area contributed by atoms with Gasteiger partial charge in [-0.25, -0.2) is 0 Å². The Labute approximate surface area is 123 Å². The molecule has 0 N–H and O–H groups in total. The van der Waals surface area contributed by atoms with Crippen molar-refractivity contribution in [2.75, 3.05) is 13.1 Å². The molecule has 1 aromatic carbocycles. The van der Waals surface area contributed by atoms with Crippen molar-refractivity contribution >= 4 is 0 Å². The van der Waals surface area contributed by atoms with E-state index in [4.69, 9.17) is 0 Å². The predicted molar refractivity (Wildman–Crippen MR) is 84.0 cm³/mol. The molecule has 2 bridgehead atoms. The van der Waals surface area contributed by atoms with Crippen molar-refractivity contribution in [3.8, 4) is 0 Å². The van der Waals surface area contributed by atoms with Crippen LogP contribution in [0.1, 0.15) is 55.6 Å². The lowest BCUT2D eigenvalue weighted by molar-refractivity contribution is 0.110. The molecule has 0 radical (unpaired) electrons. The van der Waals surface area contributed by atoms with Gasteiger partial charge in [-0.15, -0.1) is 0 Å². The third-order valence-electron chi connectivity index (χ3n) is 6.33. The number of rotatable bonds is 2. The maximum Gasteiger partial charge on any atom is 0.0126 e. The minimum atomic E-state index is 0.811. The Morgan fingerprint density at radius 1 is 0.950 bits per heavy atom. The summed E-state index contributed by atoms with van der Waals surface area (Å²) in [5, 5.41) is 0. The van der Waals surface area contributed by atoms with Gasteiger partial charge in [-0.2, -0.15) is 0 Å². The first kappa shape index (κ1) is 12.9. The minimum Gasteiger partial charge on any atom is -0.300 e. The number of hydrogen-bond acceptors (Lipinski definition) is 1. The van der Waals surface area contributed by atoms with Gasteiger partial charge in [0.1, 0.15) is 0 Å². The molecule has 0 amide bonds. The summed E-state index contributed by atoms with van der Waals surface area (Å²) in [5.74, 6) is 2.94. The number of benzene rings is 1. The highest BCUT2D eigenvalue weighted by Crippen LogP contribution is 2.47. The fraction of sp³-hybridized carbons (Fsp3) is 0.684. The maximum absolute atomic E-state index is 2.85. The Bertz CT molecular complexity index is 472. The molecule has 108 valence electrons. The van der Waals surface area contributed by atoms with Crippen LogP contribution < -0.4 is 0 Å². The first-order valence-electron chi connectivity index (χ1n) is 8.61. The molecule has 3 fully saturated rings. The molecular formula is C19H27N. The highest BCUT2D eigenvalue weighted by molar-refractivity contribution is 5.29. The Morgan fingerprint density at radius 3 is 2.40 bits per heavy atom. The van der Waals surface area contributed by atoms with Crippen LogP contribution in [0.4, 0.5) is 0 Å². The van der Waals surface area contributed by atoms with Crippen LogP contribution in [-0.4, -0.2) is 24.0 Å². The molecule has 1 heteroatoms. The van der Waals surface area contributed by atoms with Crippen molar-refractivity contribution in [3.63, 3.8) is 0 Å². The molecule has 1 nitrogen and oxygen atoms in total. The molecule has 4 rings (SSSR count). The molecule has 1 unspecified atom stereocenters. The molecule has 20 heavy (non-hydrogen) atoms. The van der Waals surface area contributed by atoms with Crippen molar-refractivity contribution in [1.29, 1.82) is 0 Å². The summed E-state index contributed by atoms with van der Waals surface area (Å²) in [6.07, 6.45) is 8.85. The van der Waals surface area contributed by atoms with Gasteiger partial charge in [0.15, 0.2) is 0 Å². The Morgan fingerprint density at radius 2 is 1.75 bits per heavy atom. The number of fused-ring (bicyclic) bond motifs is 2. The van der Waals surface area contributed by atoms with Crippen molar-refractivity contribution in [1.82, 2.24) is 4.90 Å². The molecule has 0 spiro atoms. The quantitative estimate of drug-likeness (QED) is 0.771. The van der Waals surface area contributed by atoms with Crippen LogP contribution in [0.5, 0.6) is 0 Å². The fourth-order valence-corrected chi connectivity index (χ4v) is 5.25. The monoisotopic (exact) mass is 269 g/mol. The topological polar surface area (TPSA) is 3.24 Å². The largest absolute Gasteiger partial charge is 0.300 e. The third-order valence-corrected chi connectivity index (χ3v) is 6.33. The second kappa shape index (κ2) is 5.18. The van der Waals surface area contributed by atoms with E-state index in [1.54, 1.807) is 12.0 Å². The molecule has 1 aromatic rings. The molecule has 2 saturated carbocycles. The average Bonchev–Trinajstić information content (AvgIpc) is 3.11. The summed E-state index contributed by atoms with van der Waals surface area (Å²) in [6.45, 7) is 4.96. The maximum atomic E-state index is 2.85. The first-order valence-corrected chi connectivity index (χ1v) is 8.61. The van der Waals surface area contributed by atoms with Crippen molar-refractivity contribution in [2.24, 2.45) is 11.8 Å². The lowest BCUT2D eigenvalue weighted by atomic mass is 9.85. The fourth-order valence-electron chi connectivity index (χ4n) is 5.25. The summed E-state index contributed by atoms with van der Waals surface area (Å²) in [6, 6.07) is 9.96. The summed E-state index contributed by atoms with van der Waals surface area (Å²) in [7, 11) is 0. The van der Waals surface area contributed by atoms with Crippen molar-refractivity contribution < 1.29 is 0 Å². The number of aryl methyl sites for hydroxylation is 1. The molecular weight excluding hydrogens is 242 g/mol. The second-order valence-electron chi connectivity index (χ2n) is 7.41. The van der Waals surface area contributed by atoms with Gasteiger partial charge in [-0.1, -0.05) is 30.7 Å². The average molecular weight is 269 g/mol. The van der Waals surface area contributed by atoms with Gasteiger partial charge >= 0.3 is 0 Å². The highest BCUT2D eigenvalue weighted by Gasteiger charge is 2.42. The SMILES string of the molecule is Cc1ccccc1C1CCN([C@H]2C[C@H]3CCC2C3)CC1. The van der Waals surface area contributed by atoms with Crippen LogP contribution in [0.3, 0.4) is 0 Å². The van der Waals surface area contributed by atoms with E-state index in [0.29, 0.717) is 0 Å². The third kappa shape index (κ3) is 2.20. The van der Waals surface area contributed by atoms with E-state index < -0.39 is 0 Å². The zero-order valence-electron chi connectivity index (χ0n) is 12.7. The molecule has 1 saturated heterocycles. The number of hydrogen-bond donors (Lipinski definition) is 0. The molecule has 3 aliphatic rings. The standard InChI is InChI=1S/C19H27N/c1-14-4-2-3-5-18(14)16-8-10-20(11-9-16)19-13-15-6-7-17(19)12-15/h2-5,15-17,19H,6-13H2,1H3/t15-,17?,19-/m0/s1. The van der Waals surface area contributed by atoms with Gasteiger partial charge in [-0.3, -0.25) is 0 Å². The van der Waals surface area contributed by atoms with E-state index in [1.165, 1.54) is 50.8 Å². The van der Waals surface area contributed by atoms with E-state index in [1.807, 2.05) is 0 Å². The lowest BCUT2D eigenvalue weighted by Gasteiger charge is -2.40. The molecule has 2 aliphatic carbocycles. The highest BCUT2D eigenvalue weighted by atomic mass is 15.2. The van der Waals surface area contributed by atoms with Crippen LogP contribution >= 0.6 is 0 Å². The second-order valence-corrected chi connectivity index (χ2v) is 7.41. The normalized spacial score (nSPS) is 34.8. The molecule has 1 heterocycles. The van der Waals surface area contributed by atoms with Gasteiger partial charge in [0.2, 0.25) is 0 Å². The van der Waals surface area contributed by atoms with E-state index >= 15 is 0 Å². The molecule has 3 atom stereocenters. The zero-order chi connectivity index (χ0) is 13.5. The Balaban J connectivity index is 1.40. The van der Waals surface area contributed by atoms with Crippen LogP contribution in [0.25, 0.3) is 0 Å². The van der Waals surface area contributed by atoms with Crippen molar-refractivity contribution in [2.45, 2.75) is 57.4 Å². The number of likely N-dealkylation sites (tertiary alicyclic amines) is 1. The van der Waals surface area contributed by atoms with Crippen LogP contribution in [0.2, 0.25) is 0 Å². The van der Waals surface area contributed by atoms with Gasteiger partial charge in [-0.05, 0) is 81.0 Å². The van der Waals surface area contributed by atoms with Gasteiger partial charge in [0, 0.05) is 6.04 Å². The van der Waals surface area contributed by atoms with Crippen LogP contribution in [0, 0.1) is 18.8 Å².